The van der Waals surface area contributed by atoms with E-state index in [0.29, 0.717) is 25.3 Å². The smallest absolute Gasteiger partial charge is 0.310 e. The summed E-state index contributed by atoms with van der Waals surface area (Å²) in [5, 5.41) is 0.805. The van der Waals surface area contributed by atoms with Crippen LogP contribution in [0.1, 0.15) is 61.1 Å². The van der Waals surface area contributed by atoms with Gasteiger partial charge in [0, 0.05) is 49.3 Å². The van der Waals surface area contributed by atoms with Crippen LogP contribution in [0.2, 0.25) is 0 Å². The summed E-state index contributed by atoms with van der Waals surface area (Å²) >= 11 is 1.63. The number of carbonyl (C=O) groups excluding carboxylic acids is 2. The molecule has 4 rings (SSSR count). The third kappa shape index (κ3) is 6.09. The summed E-state index contributed by atoms with van der Waals surface area (Å²) in [6, 6.07) is 9.87. The minimum atomic E-state index is -0.224. The van der Waals surface area contributed by atoms with E-state index in [9.17, 15) is 9.59 Å². The molecule has 2 aliphatic heterocycles. The van der Waals surface area contributed by atoms with Gasteiger partial charge in [0.05, 0.1) is 12.5 Å². The van der Waals surface area contributed by atoms with E-state index in [4.69, 9.17) is 14.7 Å². The Hall–Kier alpha value is -2.61. The van der Waals surface area contributed by atoms with E-state index >= 15 is 0 Å². The fraction of sp³-hybridized carbons (Fsp3) is 0.538. The Balaban J connectivity index is 1.36. The number of anilines is 1. The van der Waals surface area contributed by atoms with Crippen molar-refractivity contribution in [2.45, 2.75) is 56.9 Å². The number of ether oxygens (including phenoxy) is 1. The molecule has 2 fully saturated rings. The largest absolute Gasteiger partial charge is 0.466 e. The zero-order valence-corrected chi connectivity index (χ0v) is 21.0. The zero-order valence-electron chi connectivity index (χ0n) is 20.2. The van der Waals surface area contributed by atoms with Crippen LogP contribution < -0.4 is 4.90 Å². The molecule has 0 spiro atoms. The molecule has 1 atom stereocenters. The normalized spacial score (nSPS) is 18.2. The lowest BCUT2D eigenvalue weighted by Gasteiger charge is -2.31. The van der Waals surface area contributed by atoms with Crippen molar-refractivity contribution >= 4 is 29.5 Å². The highest BCUT2D eigenvalue weighted by Crippen LogP contribution is 2.26. The van der Waals surface area contributed by atoms with Gasteiger partial charge in [0.1, 0.15) is 5.82 Å². The SMILES string of the molecule is CCOC(=O)[C@H]1CCCN(C(=O)c2ccc(CSc3nc(CC)cc(N4CCCC4)n3)cc2)C1. The number of hydrogen-bond acceptors (Lipinski definition) is 7. The third-order valence-electron chi connectivity index (χ3n) is 6.43. The monoisotopic (exact) mass is 482 g/mol. The van der Waals surface area contributed by atoms with E-state index in [1.807, 2.05) is 31.2 Å². The highest BCUT2D eigenvalue weighted by Gasteiger charge is 2.29. The molecule has 0 bridgehead atoms. The molecule has 182 valence electrons. The quantitative estimate of drug-likeness (QED) is 0.315. The van der Waals surface area contributed by atoms with Gasteiger partial charge in [-0.25, -0.2) is 9.97 Å². The highest BCUT2D eigenvalue weighted by molar-refractivity contribution is 7.98. The predicted octanol–water partition coefficient (Wildman–Crippen LogP) is 4.35. The van der Waals surface area contributed by atoms with Gasteiger partial charge in [-0.2, -0.15) is 0 Å². The van der Waals surface area contributed by atoms with Crippen LogP contribution in [0.15, 0.2) is 35.5 Å². The molecule has 1 aromatic heterocycles. The number of thioether (sulfide) groups is 1. The van der Waals surface area contributed by atoms with Gasteiger partial charge in [0.2, 0.25) is 0 Å². The van der Waals surface area contributed by atoms with Gasteiger partial charge < -0.3 is 14.5 Å². The van der Waals surface area contributed by atoms with E-state index < -0.39 is 0 Å². The van der Waals surface area contributed by atoms with Crippen molar-refractivity contribution in [3.05, 3.63) is 47.2 Å². The number of aryl methyl sites for hydroxylation is 1. The average Bonchev–Trinajstić information content (AvgIpc) is 3.43. The fourth-order valence-corrected chi connectivity index (χ4v) is 5.33. The topological polar surface area (TPSA) is 75.6 Å². The number of carbonyl (C=O) groups is 2. The molecule has 0 radical (unpaired) electrons. The number of aromatic nitrogens is 2. The molecular formula is C26H34N4O3S. The van der Waals surface area contributed by atoms with Crippen LogP contribution in [0.4, 0.5) is 5.82 Å². The van der Waals surface area contributed by atoms with Gasteiger partial charge in [0.25, 0.3) is 5.91 Å². The Kier molecular flexibility index (Phi) is 8.43. The summed E-state index contributed by atoms with van der Waals surface area (Å²) in [7, 11) is 0. The van der Waals surface area contributed by atoms with Crippen LogP contribution in [-0.4, -0.2) is 59.5 Å². The van der Waals surface area contributed by atoms with Crippen LogP contribution in [0, 0.1) is 5.92 Å². The number of rotatable bonds is 8. The Morgan fingerprint density at radius 3 is 2.53 bits per heavy atom. The van der Waals surface area contributed by atoms with Crippen molar-refractivity contribution in [3.8, 4) is 0 Å². The van der Waals surface area contributed by atoms with Crippen LogP contribution in [0.5, 0.6) is 0 Å². The van der Waals surface area contributed by atoms with Crippen LogP contribution in [-0.2, 0) is 21.7 Å². The summed E-state index contributed by atoms with van der Waals surface area (Å²) < 4.78 is 5.15. The van der Waals surface area contributed by atoms with Crippen molar-refractivity contribution in [1.82, 2.24) is 14.9 Å². The summed E-state index contributed by atoms with van der Waals surface area (Å²) in [5.74, 6) is 1.33. The molecular weight excluding hydrogens is 448 g/mol. The zero-order chi connectivity index (χ0) is 23.9. The molecule has 2 aromatic rings. The maximum atomic E-state index is 13.0. The van der Waals surface area contributed by atoms with Crippen molar-refractivity contribution in [2.75, 3.05) is 37.7 Å². The summed E-state index contributed by atoms with van der Waals surface area (Å²) in [6.45, 7) is 7.54. The van der Waals surface area contributed by atoms with E-state index in [0.717, 1.165) is 60.3 Å². The van der Waals surface area contributed by atoms with Crippen molar-refractivity contribution < 1.29 is 14.3 Å². The van der Waals surface area contributed by atoms with E-state index in [1.54, 1.807) is 16.7 Å². The van der Waals surface area contributed by atoms with Gasteiger partial charge >= 0.3 is 5.97 Å². The van der Waals surface area contributed by atoms with Crippen molar-refractivity contribution in [1.29, 1.82) is 0 Å². The van der Waals surface area contributed by atoms with E-state index in [-0.39, 0.29) is 17.8 Å². The number of benzene rings is 1. The molecule has 1 amide bonds. The lowest BCUT2D eigenvalue weighted by molar-refractivity contribution is -0.149. The fourth-order valence-electron chi connectivity index (χ4n) is 4.50. The summed E-state index contributed by atoms with van der Waals surface area (Å²) in [6.07, 6.45) is 4.93. The van der Waals surface area contributed by atoms with Gasteiger partial charge in [0.15, 0.2) is 5.16 Å². The molecule has 8 heteroatoms. The number of likely N-dealkylation sites (tertiary alicyclic amines) is 1. The minimum Gasteiger partial charge on any atom is -0.466 e. The van der Waals surface area contributed by atoms with E-state index in [1.165, 1.54) is 12.8 Å². The lowest BCUT2D eigenvalue weighted by atomic mass is 9.97. The Bertz CT molecular complexity index is 992. The molecule has 0 saturated carbocycles. The summed E-state index contributed by atoms with van der Waals surface area (Å²) in [5.41, 5.74) is 2.85. The van der Waals surface area contributed by atoms with E-state index in [2.05, 4.69) is 17.9 Å². The Morgan fingerprint density at radius 1 is 1.06 bits per heavy atom. The summed E-state index contributed by atoms with van der Waals surface area (Å²) in [4.78, 5) is 38.7. The molecule has 0 N–H and O–H groups in total. The van der Waals surface area contributed by atoms with Crippen LogP contribution in [0.3, 0.4) is 0 Å². The highest BCUT2D eigenvalue weighted by atomic mass is 32.2. The number of hydrogen-bond donors (Lipinski definition) is 0. The maximum Gasteiger partial charge on any atom is 0.310 e. The Labute approximate surface area is 206 Å². The molecule has 0 aliphatic carbocycles. The first kappa shape index (κ1) is 24.5. The standard InChI is InChI=1S/C26H34N4O3S/c1-3-22-16-23(29-13-5-6-14-29)28-26(27-22)34-18-19-9-11-20(12-10-19)24(31)30-15-7-8-21(17-30)25(32)33-4-2/h9-12,16,21H,3-8,13-15,17-18H2,1-2H3/t21-/m0/s1. The van der Waals surface area contributed by atoms with Crippen LogP contribution in [0.25, 0.3) is 0 Å². The molecule has 1 aromatic carbocycles. The molecule has 0 unspecified atom stereocenters. The first-order valence-electron chi connectivity index (χ1n) is 12.4. The van der Waals surface area contributed by atoms with Gasteiger partial charge in [-0.1, -0.05) is 30.8 Å². The maximum absolute atomic E-state index is 13.0. The van der Waals surface area contributed by atoms with Crippen molar-refractivity contribution in [2.24, 2.45) is 5.92 Å². The molecule has 34 heavy (non-hydrogen) atoms. The third-order valence-corrected chi connectivity index (χ3v) is 7.35. The molecule has 7 nitrogen and oxygen atoms in total. The molecule has 2 aliphatic rings. The van der Waals surface area contributed by atoms with Crippen molar-refractivity contribution in [3.63, 3.8) is 0 Å². The van der Waals surface area contributed by atoms with Gasteiger partial charge in [-0.15, -0.1) is 0 Å². The molecule has 2 saturated heterocycles. The van der Waals surface area contributed by atoms with Gasteiger partial charge in [-0.05, 0) is 56.7 Å². The second-order valence-electron chi connectivity index (χ2n) is 8.88. The first-order valence-corrected chi connectivity index (χ1v) is 13.4. The number of nitrogens with zero attached hydrogens (tertiary/aromatic N) is 4. The minimum absolute atomic E-state index is 0.0255. The second-order valence-corrected chi connectivity index (χ2v) is 9.82. The molecule has 3 heterocycles. The second kappa shape index (κ2) is 11.7. The number of esters is 1. The predicted molar refractivity (Wildman–Crippen MR) is 134 cm³/mol. The lowest BCUT2D eigenvalue weighted by Crippen LogP contribution is -2.42. The first-order chi connectivity index (χ1) is 16.6. The number of piperidine rings is 1. The Morgan fingerprint density at radius 2 is 1.82 bits per heavy atom. The van der Waals surface area contributed by atoms with Crippen LogP contribution >= 0.6 is 11.8 Å². The van der Waals surface area contributed by atoms with Gasteiger partial charge in [-0.3, -0.25) is 9.59 Å². The number of amides is 1. The average molecular weight is 483 g/mol.